The van der Waals surface area contributed by atoms with Crippen molar-refractivity contribution in [3.8, 4) is 0 Å². The zero-order valence-corrected chi connectivity index (χ0v) is 7.32. The molecule has 0 aliphatic carbocycles. The first-order valence-electron chi connectivity index (χ1n) is 4.04. The third-order valence-electron chi connectivity index (χ3n) is 2.06. The number of furan rings is 1. The topological polar surface area (TPSA) is 51.5 Å². The highest BCUT2D eigenvalue weighted by molar-refractivity contribution is 6.08. The van der Waals surface area contributed by atoms with Gasteiger partial charge in [-0.25, -0.2) is 0 Å². The van der Waals surface area contributed by atoms with E-state index in [0.29, 0.717) is 0 Å². The second-order valence-electron chi connectivity index (χ2n) is 2.86. The van der Waals surface area contributed by atoms with Crippen LogP contribution in [0, 0.1) is 0 Å². The molecule has 2 rings (SSSR count). The molecule has 3 nitrogen and oxygen atoms in total. The normalized spacial score (nSPS) is 12.2. The van der Waals surface area contributed by atoms with Gasteiger partial charge in [0, 0.05) is 10.9 Å². The van der Waals surface area contributed by atoms with Crippen LogP contribution in [-0.4, -0.2) is 5.71 Å². The van der Waals surface area contributed by atoms with Crippen molar-refractivity contribution in [3.63, 3.8) is 0 Å². The van der Waals surface area contributed by atoms with Gasteiger partial charge in [0.15, 0.2) is 0 Å². The van der Waals surface area contributed by atoms with E-state index in [4.69, 9.17) is 10.3 Å². The molecule has 3 heteroatoms. The van der Waals surface area contributed by atoms with Crippen LogP contribution < -0.4 is 5.84 Å². The van der Waals surface area contributed by atoms with Gasteiger partial charge in [-0.1, -0.05) is 18.2 Å². The Labute approximate surface area is 75.8 Å². The average Bonchev–Trinajstić information content (AvgIpc) is 2.60. The van der Waals surface area contributed by atoms with Gasteiger partial charge in [-0.3, -0.25) is 0 Å². The maximum atomic E-state index is 5.34. The summed E-state index contributed by atoms with van der Waals surface area (Å²) in [6.45, 7) is 1.86. The van der Waals surface area contributed by atoms with Crippen LogP contribution in [0.2, 0.25) is 0 Å². The Hall–Kier alpha value is -1.77. The predicted molar refractivity (Wildman–Crippen MR) is 52.6 cm³/mol. The van der Waals surface area contributed by atoms with E-state index in [1.165, 1.54) is 0 Å². The van der Waals surface area contributed by atoms with Crippen molar-refractivity contribution in [3.05, 3.63) is 36.1 Å². The zero-order chi connectivity index (χ0) is 9.26. The number of nitrogens with zero attached hydrogens (tertiary/aromatic N) is 1. The molecule has 0 amide bonds. The maximum absolute atomic E-state index is 5.34. The number of rotatable bonds is 1. The largest absolute Gasteiger partial charge is 0.464 e. The van der Waals surface area contributed by atoms with Gasteiger partial charge in [0.2, 0.25) is 0 Å². The van der Waals surface area contributed by atoms with E-state index < -0.39 is 0 Å². The summed E-state index contributed by atoms with van der Waals surface area (Å²) in [7, 11) is 0. The van der Waals surface area contributed by atoms with Crippen molar-refractivity contribution in [1.82, 2.24) is 0 Å². The van der Waals surface area contributed by atoms with E-state index in [2.05, 4.69) is 5.10 Å². The smallest absolute Gasteiger partial charge is 0.134 e. The molecule has 1 aromatic carbocycles. The molecule has 0 saturated carbocycles. The minimum Gasteiger partial charge on any atom is -0.464 e. The molecule has 0 fully saturated rings. The van der Waals surface area contributed by atoms with Crippen LogP contribution in [0.15, 0.2) is 40.0 Å². The molecule has 0 aliphatic rings. The summed E-state index contributed by atoms with van der Waals surface area (Å²) < 4.78 is 5.34. The lowest BCUT2D eigenvalue weighted by Gasteiger charge is -1.93. The summed E-state index contributed by atoms with van der Waals surface area (Å²) in [5.74, 6) is 5.20. The minimum absolute atomic E-state index is 0.782. The summed E-state index contributed by atoms with van der Waals surface area (Å²) in [5.41, 5.74) is 2.60. The molecule has 66 valence electrons. The zero-order valence-electron chi connectivity index (χ0n) is 7.32. The lowest BCUT2D eigenvalue weighted by Crippen LogP contribution is -1.96. The molecule has 0 aliphatic heterocycles. The average molecular weight is 174 g/mol. The number of hydrogen-bond acceptors (Lipinski definition) is 3. The third-order valence-corrected chi connectivity index (χ3v) is 2.06. The summed E-state index contributed by atoms with van der Waals surface area (Å²) >= 11 is 0. The van der Waals surface area contributed by atoms with Gasteiger partial charge in [0.05, 0.1) is 5.71 Å². The van der Waals surface area contributed by atoms with Gasteiger partial charge >= 0.3 is 0 Å². The first kappa shape index (κ1) is 7.86. The number of nitrogens with two attached hydrogens (primary N) is 1. The highest BCUT2D eigenvalue weighted by Crippen LogP contribution is 2.20. The van der Waals surface area contributed by atoms with E-state index >= 15 is 0 Å². The van der Waals surface area contributed by atoms with Gasteiger partial charge in [-0.2, -0.15) is 5.10 Å². The van der Waals surface area contributed by atoms with Crippen LogP contribution in [0.3, 0.4) is 0 Å². The van der Waals surface area contributed by atoms with Gasteiger partial charge in [-0.15, -0.1) is 0 Å². The van der Waals surface area contributed by atoms with Crippen molar-refractivity contribution in [2.24, 2.45) is 10.9 Å². The van der Waals surface area contributed by atoms with Crippen LogP contribution in [0.1, 0.15) is 12.5 Å². The van der Waals surface area contributed by atoms with E-state index in [1.54, 1.807) is 6.26 Å². The molecule has 0 saturated heterocycles. The molecule has 0 spiro atoms. The second kappa shape index (κ2) is 2.94. The number of hydrogen-bond donors (Lipinski definition) is 1. The molecule has 1 heterocycles. The molecule has 0 radical (unpaired) electrons. The van der Waals surface area contributed by atoms with Gasteiger partial charge in [-0.05, 0) is 13.0 Å². The second-order valence-corrected chi connectivity index (χ2v) is 2.86. The fraction of sp³-hybridized carbons (Fsp3) is 0.100. The SMILES string of the molecule is CC(=NN)c1coc2ccccc12. The minimum atomic E-state index is 0.782. The van der Waals surface area contributed by atoms with Crippen molar-refractivity contribution in [2.75, 3.05) is 0 Å². The Morgan fingerprint density at radius 3 is 2.92 bits per heavy atom. The third kappa shape index (κ3) is 1.18. The van der Waals surface area contributed by atoms with Crippen LogP contribution in [0.25, 0.3) is 11.0 Å². The van der Waals surface area contributed by atoms with Crippen LogP contribution >= 0.6 is 0 Å². The molecule has 0 unspecified atom stereocenters. The van der Waals surface area contributed by atoms with Gasteiger partial charge in [0.25, 0.3) is 0 Å². The van der Waals surface area contributed by atoms with Crippen molar-refractivity contribution in [1.29, 1.82) is 0 Å². The molecular weight excluding hydrogens is 164 g/mol. The first-order chi connectivity index (χ1) is 6.33. The maximum Gasteiger partial charge on any atom is 0.134 e. The first-order valence-corrected chi connectivity index (χ1v) is 4.04. The number of para-hydroxylation sites is 1. The number of fused-ring (bicyclic) bond motifs is 1. The number of hydrazone groups is 1. The molecule has 1 aromatic heterocycles. The lowest BCUT2D eigenvalue weighted by atomic mass is 10.1. The molecular formula is C10H10N2O. The standard InChI is InChI=1S/C10H10N2O/c1-7(12-11)9-6-13-10-5-3-2-4-8(9)10/h2-6H,11H2,1H3. The number of benzene rings is 1. The highest BCUT2D eigenvalue weighted by atomic mass is 16.3. The Balaban J connectivity index is 2.71. The van der Waals surface area contributed by atoms with Gasteiger partial charge < -0.3 is 10.3 Å². The Morgan fingerprint density at radius 1 is 1.38 bits per heavy atom. The predicted octanol–water partition coefficient (Wildman–Crippen LogP) is 2.12. The molecule has 2 aromatic rings. The van der Waals surface area contributed by atoms with Gasteiger partial charge in [0.1, 0.15) is 11.8 Å². The van der Waals surface area contributed by atoms with E-state index in [1.807, 2.05) is 31.2 Å². The summed E-state index contributed by atoms with van der Waals surface area (Å²) in [5, 5.41) is 4.69. The highest BCUT2D eigenvalue weighted by Gasteiger charge is 2.06. The Kier molecular flexibility index (Phi) is 1.77. The lowest BCUT2D eigenvalue weighted by molar-refractivity contribution is 0.615. The van der Waals surface area contributed by atoms with Crippen molar-refractivity contribution in [2.45, 2.75) is 6.92 Å². The van der Waals surface area contributed by atoms with Crippen molar-refractivity contribution < 1.29 is 4.42 Å². The quantitative estimate of drug-likeness (QED) is 0.409. The Morgan fingerprint density at radius 2 is 2.15 bits per heavy atom. The van der Waals surface area contributed by atoms with Crippen molar-refractivity contribution >= 4 is 16.7 Å². The molecule has 0 atom stereocenters. The van der Waals surface area contributed by atoms with Crippen LogP contribution in [-0.2, 0) is 0 Å². The monoisotopic (exact) mass is 174 g/mol. The van der Waals surface area contributed by atoms with Crippen LogP contribution in [0.4, 0.5) is 0 Å². The summed E-state index contributed by atoms with van der Waals surface area (Å²) in [6.07, 6.45) is 1.68. The Bertz CT molecular complexity index is 457. The van der Waals surface area contributed by atoms with E-state index in [-0.39, 0.29) is 0 Å². The molecule has 0 bridgehead atoms. The summed E-state index contributed by atoms with van der Waals surface area (Å²) in [4.78, 5) is 0. The molecule has 13 heavy (non-hydrogen) atoms. The fourth-order valence-corrected chi connectivity index (χ4v) is 1.33. The van der Waals surface area contributed by atoms with E-state index in [0.717, 1.165) is 22.2 Å². The van der Waals surface area contributed by atoms with E-state index in [9.17, 15) is 0 Å². The van der Waals surface area contributed by atoms with Crippen LogP contribution in [0.5, 0.6) is 0 Å². The summed E-state index contributed by atoms with van der Waals surface area (Å²) in [6, 6.07) is 7.81. The fourth-order valence-electron chi connectivity index (χ4n) is 1.33. The molecule has 2 N–H and O–H groups in total.